The molecule has 1 N–H and O–H groups in total. The van der Waals surface area contributed by atoms with Gasteiger partial charge >= 0.3 is 0 Å². The van der Waals surface area contributed by atoms with Crippen molar-refractivity contribution in [3.05, 3.63) is 29.3 Å². The van der Waals surface area contributed by atoms with Gasteiger partial charge in [0.2, 0.25) is 0 Å². The molecule has 0 aliphatic rings. The van der Waals surface area contributed by atoms with E-state index in [2.05, 4.69) is 10.5 Å². The van der Waals surface area contributed by atoms with E-state index >= 15 is 0 Å². The predicted octanol–water partition coefficient (Wildman–Crippen LogP) is 1.94. The maximum Gasteiger partial charge on any atom is 0.162 e. The number of nitrogens with one attached hydrogen (secondary N) is 1. The highest BCUT2D eigenvalue weighted by Gasteiger charge is 1.87. The van der Waals surface area contributed by atoms with Crippen molar-refractivity contribution < 1.29 is 4.79 Å². The van der Waals surface area contributed by atoms with Gasteiger partial charge < -0.3 is 0 Å². The first-order valence-corrected chi connectivity index (χ1v) is 3.69. The van der Waals surface area contributed by atoms with Crippen LogP contribution < -0.4 is 5.43 Å². The van der Waals surface area contributed by atoms with E-state index in [0.717, 1.165) is 11.9 Å². The van der Waals surface area contributed by atoms with E-state index in [1.807, 2.05) is 0 Å². The van der Waals surface area contributed by atoms with Crippen molar-refractivity contribution in [2.45, 2.75) is 0 Å². The molecule has 0 aliphatic carbocycles. The lowest BCUT2D eigenvalue weighted by atomic mass is 10.3. The van der Waals surface area contributed by atoms with E-state index in [4.69, 9.17) is 11.6 Å². The Labute approximate surface area is 75.0 Å². The third-order valence-electron chi connectivity index (χ3n) is 1.17. The van der Waals surface area contributed by atoms with Crippen LogP contribution in [-0.2, 0) is 4.79 Å². The monoisotopic (exact) mass is 182 g/mol. The lowest BCUT2D eigenvalue weighted by molar-refractivity contribution is -0.102. The first kappa shape index (κ1) is 8.74. The molecule has 0 bridgehead atoms. The summed E-state index contributed by atoms with van der Waals surface area (Å²) in [4.78, 5) is 9.84. The molecule has 0 saturated heterocycles. The number of hydrogen-bond donors (Lipinski definition) is 1. The van der Waals surface area contributed by atoms with Crippen LogP contribution >= 0.6 is 11.6 Å². The SMILES string of the molecule is O=CC=NNc1ccc(Cl)cc1. The second-order valence-corrected chi connectivity index (χ2v) is 2.47. The number of carbonyl (C=O) groups excluding carboxylic acids is 1. The van der Waals surface area contributed by atoms with Crippen LogP contribution in [0.1, 0.15) is 0 Å². The lowest BCUT2D eigenvalue weighted by Gasteiger charge is -1.97. The van der Waals surface area contributed by atoms with Gasteiger partial charge in [-0.25, -0.2) is 0 Å². The number of hydrogen-bond acceptors (Lipinski definition) is 3. The molecule has 0 spiro atoms. The highest BCUT2D eigenvalue weighted by molar-refractivity contribution is 6.30. The van der Waals surface area contributed by atoms with Crippen molar-refractivity contribution in [3.63, 3.8) is 0 Å². The maximum atomic E-state index is 9.84. The number of aldehydes is 1. The molecular formula is C8H7ClN2O. The first-order chi connectivity index (χ1) is 5.83. The summed E-state index contributed by atoms with van der Waals surface area (Å²) in [6, 6.07) is 7.01. The minimum Gasteiger partial charge on any atom is -0.297 e. The molecule has 0 fully saturated rings. The second kappa shape index (κ2) is 4.51. The Hall–Kier alpha value is -1.35. The smallest absolute Gasteiger partial charge is 0.162 e. The van der Waals surface area contributed by atoms with Gasteiger partial charge in [0, 0.05) is 5.02 Å². The normalized spacial score (nSPS) is 10.1. The molecule has 1 rings (SSSR count). The number of hydrazone groups is 1. The Kier molecular flexibility index (Phi) is 3.29. The number of rotatable bonds is 3. The summed E-state index contributed by atoms with van der Waals surface area (Å²) >= 11 is 5.65. The molecule has 0 aromatic heterocycles. The van der Waals surface area contributed by atoms with Crippen LogP contribution in [0.3, 0.4) is 0 Å². The molecule has 0 heterocycles. The van der Waals surface area contributed by atoms with Gasteiger partial charge in [0.25, 0.3) is 0 Å². The number of anilines is 1. The van der Waals surface area contributed by atoms with Crippen LogP contribution in [0.2, 0.25) is 5.02 Å². The summed E-state index contributed by atoms with van der Waals surface area (Å²) in [7, 11) is 0. The standard InChI is InChI=1S/C8H7ClN2O/c9-7-1-3-8(4-2-7)11-10-5-6-12/h1-6,11H. The van der Waals surface area contributed by atoms with Crippen LogP contribution in [0, 0.1) is 0 Å². The zero-order valence-electron chi connectivity index (χ0n) is 6.20. The van der Waals surface area contributed by atoms with E-state index < -0.39 is 0 Å². The summed E-state index contributed by atoms with van der Waals surface area (Å²) < 4.78 is 0. The summed E-state index contributed by atoms with van der Waals surface area (Å²) in [6.45, 7) is 0. The van der Waals surface area contributed by atoms with Crippen molar-refractivity contribution in [3.8, 4) is 0 Å². The Morgan fingerprint density at radius 1 is 1.33 bits per heavy atom. The summed E-state index contributed by atoms with van der Waals surface area (Å²) in [5.41, 5.74) is 3.44. The van der Waals surface area contributed by atoms with E-state index in [1.165, 1.54) is 0 Å². The van der Waals surface area contributed by atoms with Gasteiger partial charge in [-0.3, -0.25) is 10.2 Å². The minimum absolute atomic E-state index is 0.600. The van der Waals surface area contributed by atoms with Gasteiger partial charge in [-0.05, 0) is 24.3 Å². The lowest BCUT2D eigenvalue weighted by Crippen LogP contribution is -1.88. The third-order valence-corrected chi connectivity index (χ3v) is 1.43. The maximum absolute atomic E-state index is 9.84. The number of benzene rings is 1. The van der Waals surface area contributed by atoms with Gasteiger partial charge in [-0.2, -0.15) is 5.10 Å². The molecule has 1 aromatic rings. The second-order valence-electron chi connectivity index (χ2n) is 2.03. The quantitative estimate of drug-likeness (QED) is 0.441. The van der Waals surface area contributed by atoms with Crippen molar-refractivity contribution in [2.24, 2.45) is 5.10 Å². The van der Waals surface area contributed by atoms with E-state index in [1.54, 1.807) is 24.3 Å². The van der Waals surface area contributed by atoms with Gasteiger partial charge in [-0.1, -0.05) is 11.6 Å². The number of halogens is 1. The first-order valence-electron chi connectivity index (χ1n) is 3.31. The van der Waals surface area contributed by atoms with Crippen molar-refractivity contribution in [1.29, 1.82) is 0 Å². The average molecular weight is 183 g/mol. The molecule has 12 heavy (non-hydrogen) atoms. The Morgan fingerprint density at radius 3 is 2.58 bits per heavy atom. The van der Waals surface area contributed by atoms with Gasteiger partial charge in [0.05, 0.1) is 11.9 Å². The molecule has 1 aromatic carbocycles. The van der Waals surface area contributed by atoms with Gasteiger partial charge in [0.1, 0.15) is 0 Å². The molecule has 0 aliphatic heterocycles. The zero-order chi connectivity index (χ0) is 8.81. The molecule has 0 unspecified atom stereocenters. The van der Waals surface area contributed by atoms with E-state index in [0.29, 0.717) is 11.3 Å². The minimum atomic E-state index is 0.600. The molecule has 0 radical (unpaired) electrons. The predicted molar refractivity (Wildman–Crippen MR) is 49.6 cm³/mol. The largest absolute Gasteiger partial charge is 0.297 e. The van der Waals surface area contributed by atoms with E-state index in [-0.39, 0.29) is 0 Å². The van der Waals surface area contributed by atoms with Gasteiger partial charge in [-0.15, -0.1) is 0 Å². The van der Waals surface area contributed by atoms with Crippen molar-refractivity contribution >= 4 is 29.8 Å². The highest BCUT2D eigenvalue weighted by atomic mass is 35.5. The topological polar surface area (TPSA) is 41.5 Å². The van der Waals surface area contributed by atoms with Crippen LogP contribution in [-0.4, -0.2) is 12.5 Å². The Bertz CT molecular complexity index is 282. The number of nitrogens with zero attached hydrogens (tertiary/aromatic N) is 1. The molecule has 4 heteroatoms. The fraction of sp³-hybridized carbons (Fsp3) is 0. The molecule has 62 valence electrons. The van der Waals surface area contributed by atoms with Crippen LogP contribution in [0.5, 0.6) is 0 Å². The van der Waals surface area contributed by atoms with Crippen LogP contribution in [0.25, 0.3) is 0 Å². The van der Waals surface area contributed by atoms with Crippen LogP contribution in [0.4, 0.5) is 5.69 Å². The Balaban J connectivity index is 2.58. The third kappa shape index (κ3) is 2.72. The van der Waals surface area contributed by atoms with Gasteiger partial charge in [0.15, 0.2) is 6.29 Å². The van der Waals surface area contributed by atoms with Crippen molar-refractivity contribution in [2.75, 3.05) is 5.43 Å². The summed E-state index contributed by atoms with van der Waals surface area (Å²) in [5, 5.41) is 4.27. The average Bonchev–Trinajstić information content (AvgIpc) is 2.09. The molecule has 0 atom stereocenters. The highest BCUT2D eigenvalue weighted by Crippen LogP contribution is 2.12. The number of carbonyl (C=O) groups is 1. The fourth-order valence-corrected chi connectivity index (χ4v) is 0.793. The molecule has 0 saturated carbocycles. The molecule has 0 amide bonds. The van der Waals surface area contributed by atoms with Crippen molar-refractivity contribution in [1.82, 2.24) is 0 Å². The Morgan fingerprint density at radius 2 is 2.00 bits per heavy atom. The molecule has 3 nitrogen and oxygen atoms in total. The summed E-state index contributed by atoms with van der Waals surface area (Å²) in [5.74, 6) is 0. The fourth-order valence-electron chi connectivity index (χ4n) is 0.667. The van der Waals surface area contributed by atoms with Crippen LogP contribution in [0.15, 0.2) is 29.4 Å². The van der Waals surface area contributed by atoms with E-state index in [9.17, 15) is 4.79 Å². The summed E-state index contributed by atoms with van der Waals surface area (Å²) in [6.07, 6.45) is 1.73. The molecular weight excluding hydrogens is 176 g/mol. The zero-order valence-corrected chi connectivity index (χ0v) is 6.95.